The van der Waals surface area contributed by atoms with Gasteiger partial charge in [-0.1, -0.05) is 28.1 Å². The van der Waals surface area contributed by atoms with Crippen LogP contribution in [0, 0.1) is 0 Å². The summed E-state index contributed by atoms with van der Waals surface area (Å²) in [6.07, 6.45) is 0. The van der Waals surface area contributed by atoms with Crippen LogP contribution >= 0.6 is 31.9 Å². The fourth-order valence-electron chi connectivity index (χ4n) is 1.66. The van der Waals surface area contributed by atoms with Crippen LogP contribution in [0.1, 0.15) is 10.4 Å². The lowest BCUT2D eigenvalue weighted by molar-refractivity contribution is 0.0691. The molecule has 0 aliphatic rings. The minimum Gasteiger partial charge on any atom is -0.489 e. The molecule has 0 saturated carbocycles. The Morgan fingerprint density at radius 2 is 1.67 bits per heavy atom. The number of halogens is 2. The third kappa shape index (κ3) is 4.47. The van der Waals surface area contributed by atoms with Crippen LogP contribution < -0.4 is 9.47 Å². The average Bonchev–Trinajstić information content (AvgIpc) is 2.45. The molecule has 6 heteroatoms. The fraction of sp³-hybridized carbons (Fsp3) is 0.133. The molecule has 2 aromatic rings. The van der Waals surface area contributed by atoms with Gasteiger partial charge in [-0.2, -0.15) is 0 Å². The molecule has 4 nitrogen and oxygen atoms in total. The van der Waals surface area contributed by atoms with Crippen molar-refractivity contribution in [3.63, 3.8) is 0 Å². The first-order valence-electron chi connectivity index (χ1n) is 6.11. The lowest BCUT2D eigenvalue weighted by atomic mass is 10.2. The summed E-state index contributed by atoms with van der Waals surface area (Å²) in [5, 5.41) is 9.04. The molecular formula is C15H12Br2O4. The maximum atomic E-state index is 11.0. The van der Waals surface area contributed by atoms with Crippen LogP contribution in [-0.2, 0) is 0 Å². The van der Waals surface area contributed by atoms with E-state index in [-0.39, 0.29) is 12.2 Å². The van der Waals surface area contributed by atoms with E-state index in [1.807, 2.05) is 18.2 Å². The second kappa shape index (κ2) is 7.47. The summed E-state index contributed by atoms with van der Waals surface area (Å²) < 4.78 is 12.8. The van der Waals surface area contributed by atoms with E-state index in [0.717, 1.165) is 8.95 Å². The molecular weight excluding hydrogens is 404 g/mol. The normalized spacial score (nSPS) is 10.2. The smallest absolute Gasteiger partial charge is 0.339 e. The topological polar surface area (TPSA) is 55.8 Å². The van der Waals surface area contributed by atoms with E-state index in [2.05, 4.69) is 31.9 Å². The molecule has 0 atom stereocenters. The number of ether oxygens (including phenoxy) is 2. The Bertz CT molecular complexity index is 643. The van der Waals surface area contributed by atoms with E-state index in [4.69, 9.17) is 14.6 Å². The predicted molar refractivity (Wildman–Crippen MR) is 86.2 cm³/mol. The largest absolute Gasteiger partial charge is 0.489 e. The standard InChI is InChI=1S/C15H12Br2O4/c16-10-5-6-14(12(17)9-10)21-8-7-20-13-4-2-1-3-11(13)15(18)19/h1-6,9H,7-8H2,(H,18,19). The molecule has 0 heterocycles. The zero-order valence-corrected chi connectivity index (χ0v) is 14.1. The van der Waals surface area contributed by atoms with Gasteiger partial charge in [0.1, 0.15) is 30.3 Å². The molecule has 0 aromatic heterocycles. The average molecular weight is 416 g/mol. The Balaban J connectivity index is 1.89. The van der Waals surface area contributed by atoms with Gasteiger partial charge in [0.2, 0.25) is 0 Å². The first-order valence-corrected chi connectivity index (χ1v) is 7.69. The van der Waals surface area contributed by atoms with Crippen molar-refractivity contribution in [2.75, 3.05) is 13.2 Å². The van der Waals surface area contributed by atoms with Gasteiger partial charge in [0.15, 0.2) is 0 Å². The molecule has 0 aliphatic heterocycles. The van der Waals surface area contributed by atoms with E-state index in [1.54, 1.807) is 18.2 Å². The molecule has 110 valence electrons. The van der Waals surface area contributed by atoms with Crippen LogP contribution in [0.15, 0.2) is 51.4 Å². The van der Waals surface area contributed by atoms with Crippen LogP contribution in [0.25, 0.3) is 0 Å². The summed E-state index contributed by atoms with van der Waals surface area (Å²) in [5.41, 5.74) is 0.141. The first kappa shape index (κ1) is 15.9. The molecule has 2 rings (SSSR count). The van der Waals surface area contributed by atoms with Gasteiger partial charge >= 0.3 is 5.97 Å². The molecule has 0 saturated heterocycles. The van der Waals surface area contributed by atoms with Crippen LogP contribution in [0.2, 0.25) is 0 Å². The van der Waals surface area contributed by atoms with Gasteiger partial charge in [0.05, 0.1) is 4.47 Å². The van der Waals surface area contributed by atoms with Crippen LogP contribution in [0.4, 0.5) is 0 Å². The number of para-hydroxylation sites is 1. The maximum absolute atomic E-state index is 11.0. The zero-order valence-electron chi connectivity index (χ0n) is 10.9. The van der Waals surface area contributed by atoms with Crippen molar-refractivity contribution in [3.05, 3.63) is 57.0 Å². The summed E-state index contributed by atoms with van der Waals surface area (Å²) in [5.74, 6) is 0.0268. The fourth-order valence-corrected chi connectivity index (χ4v) is 2.83. The van der Waals surface area contributed by atoms with Gasteiger partial charge in [0.25, 0.3) is 0 Å². The highest BCUT2D eigenvalue weighted by atomic mass is 79.9. The van der Waals surface area contributed by atoms with Crippen molar-refractivity contribution < 1.29 is 19.4 Å². The van der Waals surface area contributed by atoms with Gasteiger partial charge in [-0.3, -0.25) is 0 Å². The van der Waals surface area contributed by atoms with E-state index in [1.165, 1.54) is 6.07 Å². The Morgan fingerprint density at radius 3 is 2.33 bits per heavy atom. The number of aromatic carboxylic acids is 1. The van der Waals surface area contributed by atoms with Gasteiger partial charge < -0.3 is 14.6 Å². The second-order valence-corrected chi connectivity index (χ2v) is 5.84. The number of hydrogen-bond donors (Lipinski definition) is 1. The van der Waals surface area contributed by atoms with Gasteiger partial charge in [-0.15, -0.1) is 0 Å². The number of carbonyl (C=O) groups is 1. The summed E-state index contributed by atoms with van der Waals surface area (Å²) in [4.78, 5) is 11.0. The first-order chi connectivity index (χ1) is 10.1. The van der Waals surface area contributed by atoms with E-state index in [0.29, 0.717) is 18.1 Å². The molecule has 0 aliphatic carbocycles. The Morgan fingerprint density at radius 1 is 1.00 bits per heavy atom. The zero-order chi connectivity index (χ0) is 15.2. The van der Waals surface area contributed by atoms with E-state index < -0.39 is 5.97 Å². The summed E-state index contributed by atoms with van der Waals surface area (Å²) in [6, 6.07) is 12.1. The number of carboxylic acid groups (broad SMARTS) is 1. The summed E-state index contributed by atoms with van der Waals surface area (Å²) in [6.45, 7) is 0.570. The van der Waals surface area contributed by atoms with Gasteiger partial charge in [0, 0.05) is 4.47 Å². The van der Waals surface area contributed by atoms with Crippen molar-refractivity contribution >= 4 is 37.8 Å². The molecule has 0 spiro atoms. The van der Waals surface area contributed by atoms with Crippen molar-refractivity contribution in [3.8, 4) is 11.5 Å². The Hall–Kier alpha value is -1.53. The molecule has 0 bridgehead atoms. The predicted octanol–water partition coefficient (Wildman–Crippen LogP) is 4.37. The van der Waals surface area contributed by atoms with Crippen LogP contribution in [0.5, 0.6) is 11.5 Å². The number of hydrogen-bond acceptors (Lipinski definition) is 3. The highest BCUT2D eigenvalue weighted by Crippen LogP contribution is 2.28. The maximum Gasteiger partial charge on any atom is 0.339 e. The number of benzene rings is 2. The van der Waals surface area contributed by atoms with Gasteiger partial charge in [-0.25, -0.2) is 4.79 Å². The third-order valence-electron chi connectivity index (χ3n) is 2.61. The number of rotatable bonds is 6. The number of carboxylic acids is 1. The monoisotopic (exact) mass is 414 g/mol. The molecule has 0 amide bonds. The molecule has 0 fully saturated rings. The van der Waals surface area contributed by atoms with E-state index in [9.17, 15) is 4.79 Å². The van der Waals surface area contributed by atoms with Crippen molar-refractivity contribution in [1.82, 2.24) is 0 Å². The minimum absolute atomic E-state index is 0.141. The molecule has 0 radical (unpaired) electrons. The molecule has 0 unspecified atom stereocenters. The van der Waals surface area contributed by atoms with Crippen molar-refractivity contribution in [1.29, 1.82) is 0 Å². The van der Waals surface area contributed by atoms with Crippen LogP contribution in [0.3, 0.4) is 0 Å². The SMILES string of the molecule is O=C(O)c1ccccc1OCCOc1ccc(Br)cc1Br. The van der Waals surface area contributed by atoms with Crippen molar-refractivity contribution in [2.24, 2.45) is 0 Å². The minimum atomic E-state index is -1.01. The lowest BCUT2D eigenvalue weighted by Gasteiger charge is -2.11. The van der Waals surface area contributed by atoms with E-state index >= 15 is 0 Å². The van der Waals surface area contributed by atoms with Crippen molar-refractivity contribution in [2.45, 2.75) is 0 Å². The molecule has 2 aromatic carbocycles. The highest BCUT2D eigenvalue weighted by molar-refractivity contribution is 9.11. The summed E-state index contributed by atoms with van der Waals surface area (Å²) in [7, 11) is 0. The summed E-state index contributed by atoms with van der Waals surface area (Å²) >= 11 is 6.77. The highest BCUT2D eigenvalue weighted by Gasteiger charge is 2.10. The third-order valence-corrected chi connectivity index (χ3v) is 3.72. The Kier molecular flexibility index (Phi) is 5.64. The van der Waals surface area contributed by atoms with Gasteiger partial charge in [-0.05, 0) is 46.3 Å². The molecule has 1 N–H and O–H groups in total. The Labute approximate surface area is 139 Å². The van der Waals surface area contributed by atoms with Crippen LogP contribution in [-0.4, -0.2) is 24.3 Å². The quantitative estimate of drug-likeness (QED) is 0.711. The second-order valence-electron chi connectivity index (χ2n) is 4.07. The molecule has 21 heavy (non-hydrogen) atoms. The lowest BCUT2D eigenvalue weighted by Crippen LogP contribution is -2.11.